The molecule has 0 radical (unpaired) electrons. The number of hydrogen-bond acceptors (Lipinski definition) is 7. The highest BCUT2D eigenvalue weighted by molar-refractivity contribution is 7.92. The quantitative estimate of drug-likeness (QED) is 0.584. The largest absolute Gasteiger partial charge is 0.482 e. The zero-order valence-corrected chi connectivity index (χ0v) is 21.0. The van der Waals surface area contributed by atoms with Gasteiger partial charge in [0, 0.05) is 18.3 Å². The normalized spacial score (nSPS) is 16.3. The van der Waals surface area contributed by atoms with Crippen molar-refractivity contribution in [1.82, 2.24) is 4.72 Å². The van der Waals surface area contributed by atoms with Crippen LogP contribution in [0.2, 0.25) is 0 Å². The molecule has 2 N–H and O–H groups in total. The van der Waals surface area contributed by atoms with E-state index in [0.717, 1.165) is 40.9 Å². The van der Waals surface area contributed by atoms with E-state index in [-0.39, 0.29) is 22.8 Å². The third-order valence-corrected chi connectivity index (χ3v) is 7.05. The van der Waals surface area contributed by atoms with Crippen molar-refractivity contribution in [2.24, 2.45) is 0 Å². The van der Waals surface area contributed by atoms with Crippen LogP contribution in [0.3, 0.4) is 0 Å². The fraction of sp³-hybridized carbons (Fsp3) is 0.381. The molecule has 0 fully saturated rings. The SMILES string of the molecule is CC(C)(C)OC(=O)Nc1cc(F)c2c(c1)N(S(=O)(=O)c1ccc(F)cc1)CC(CNS(C)(=O)=O)O2. The fourth-order valence-corrected chi connectivity index (χ4v) is 5.15. The van der Waals surface area contributed by atoms with E-state index in [0.29, 0.717) is 0 Å². The molecule has 10 nitrogen and oxygen atoms in total. The molecule has 1 aliphatic rings. The Labute approximate surface area is 202 Å². The Morgan fingerprint density at radius 3 is 2.34 bits per heavy atom. The summed E-state index contributed by atoms with van der Waals surface area (Å²) in [5.74, 6) is -2.12. The maximum absolute atomic E-state index is 15.1. The number of amides is 1. The average Bonchev–Trinajstić information content (AvgIpc) is 2.70. The summed E-state index contributed by atoms with van der Waals surface area (Å²) in [6, 6.07) is 6.10. The number of nitrogens with zero attached hydrogens (tertiary/aromatic N) is 1. The first-order valence-electron chi connectivity index (χ1n) is 10.3. The first kappa shape index (κ1) is 26.6. The van der Waals surface area contributed by atoms with Crippen molar-refractivity contribution >= 4 is 37.5 Å². The van der Waals surface area contributed by atoms with E-state index in [1.54, 1.807) is 20.8 Å². The predicted octanol–water partition coefficient (Wildman–Crippen LogP) is 2.82. The summed E-state index contributed by atoms with van der Waals surface area (Å²) in [6.07, 6.45) is -1.07. The van der Waals surface area contributed by atoms with Gasteiger partial charge in [-0.1, -0.05) is 0 Å². The standard InChI is InChI=1S/C21H25F2N3O7S2/c1-21(2,3)33-20(27)25-14-9-17(23)19-18(10-14)26(12-15(32-19)11-24-34(4,28)29)35(30,31)16-7-5-13(22)6-8-16/h5-10,15,24H,11-12H2,1-4H3,(H,25,27). The number of rotatable bonds is 6. The van der Waals surface area contributed by atoms with Crippen LogP contribution in [-0.4, -0.2) is 54.0 Å². The molecule has 2 aromatic rings. The maximum Gasteiger partial charge on any atom is 0.412 e. The molecule has 0 aromatic heterocycles. The number of carbonyl (C=O) groups is 1. The van der Waals surface area contributed by atoms with E-state index in [1.807, 2.05) is 0 Å². The molecule has 1 heterocycles. The second-order valence-corrected chi connectivity index (χ2v) is 12.5. The zero-order chi connectivity index (χ0) is 26.2. The van der Waals surface area contributed by atoms with Gasteiger partial charge in [-0.15, -0.1) is 0 Å². The number of benzene rings is 2. The Hall–Kier alpha value is -2.97. The first-order chi connectivity index (χ1) is 16.0. The van der Waals surface area contributed by atoms with Crippen LogP contribution >= 0.6 is 0 Å². The molecular formula is C21H25F2N3O7S2. The van der Waals surface area contributed by atoms with E-state index >= 15 is 4.39 Å². The Balaban J connectivity index is 2.05. The minimum Gasteiger partial charge on any atom is -0.482 e. The third kappa shape index (κ3) is 6.80. The first-order valence-corrected chi connectivity index (χ1v) is 13.6. The van der Waals surface area contributed by atoms with Crippen molar-refractivity contribution in [1.29, 1.82) is 0 Å². The highest BCUT2D eigenvalue weighted by Crippen LogP contribution is 2.41. The third-order valence-electron chi connectivity index (χ3n) is 4.57. The number of carbonyl (C=O) groups excluding carboxylic acids is 1. The average molecular weight is 534 g/mol. The van der Waals surface area contributed by atoms with E-state index in [2.05, 4.69) is 10.0 Å². The van der Waals surface area contributed by atoms with Gasteiger partial charge in [-0.25, -0.2) is 35.1 Å². The minimum atomic E-state index is -4.37. The molecule has 1 aliphatic heterocycles. The van der Waals surface area contributed by atoms with Crippen molar-refractivity contribution in [3.63, 3.8) is 0 Å². The zero-order valence-electron chi connectivity index (χ0n) is 19.3. The van der Waals surface area contributed by atoms with Gasteiger partial charge in [0.1, 0.15) is 17.5 Å². The molecule has 2 aromatic carbocycles. The van der Waals surface area contributed by atoms with Crippen LogP contribution in [-0.2, 0) is 24.8 Å². The van der Waals surface area contributed by atoms with Gasteiger partial charge < -0.3 is 9.47 Å². The number of nitrogens with one attached hydrogen (secondary N) is 2. The van der Waals surface area contributed by atoms with Crippen LogP contribution < -0.4 is 19.1 Å². The van der Waals surface area contributed by atoms with Crippen LogP contribution in [0.5, 0.6) is 5.75 Å². The molecule has 0 saturated carbocycles. The molecule has 0 saturated heterocycles. The second-order valence-electron chi connectivity index (χ2n) is 8.78. The molecule has 1 unspecified atom stereocenters. The number of hydrogen-bond donors (Lipinski definition) is 2. The van der Waals surface area contributed by atoms with Gasteiger partial charge in [-0.05, 0) is 51.1 Å². The summed E-state index contributed by atoms with van der Waals surface area (Å²) >= 11 is 0. The van der Waals surface area contributed by atoms with Gasteiger partial charge in [0.25, 0.3) is 10.0 Å². The number of fused-ring (bicyclic) bond motifs is 1. The molecule has 0 spiro atoms. The lowest BCUT2D eigenvalue weighted by atomic mass is 10.2. The minimum absolute atomic E-state index is 0.105. The topological polar surface area (TPSA) is 131 Å². The number of halogens is 2. The molecule has 1 amide bonds. The molecule has 0 bridgehead atoms. The van der Waals surface area contributed by atoms with Gasteiger partial charge in [0.15, 0.2) is 11.6 Å². The molecule has 192 valence electrons. The summed E-state index contributed by atoms with van der Waals surface area (Å²) in [5.41, 5.74) is -1.18. The Morgan fingerprint density at radius 2 is 1.77 bits per heavy atom. The van der Waals surface area contributed by atoms with Gasteiger partial charge in [-0.3, -0.25) is 9.62 Å². The number of sulfonamides is 2. The lowest BCUT2D eigenvalue weighted by Crippen LogP contribution is -2.48. The smallest absolute Gasteiger partial charge is 0.412 e. The van der Waals surface area contributed by atoms with Gasteiger partial charge in [0.05, 0.1) is 23.4 Å². The van der Waals surface area contributed by atoms with Crippen molar-refractivity contribution in [2.45, 2.75) is 37.4 Å². The van der Waals surface area contributed by atoms with Gasteiger partial charge in [0.2, 0.25) is 10.0 Å². The van der Waals surface area contributed by atoms with E-state index in [9.17, 15) is 26.0 Å². The Bertz CT molecular complexity index is 1330. The lowest BCUT2D eigenvalue weighted by molar-refractivity contribution is 0.0636. The van der Waals surface area contributed by atoms with Crippen LogP contribution in [0, 0.1) is 11.6 Å². The monoisotopic (exact) mass is 533 g/mol. The van der Waals surface area contributed by atoms with Crippen LogP contribution in [0.4, 0.5) is 25.0 Å². The Morgan fingerprint density at radius 1 is 1.14 bits per heavy atom. The predicted molar refractivity (Wildman–Crippen MR) is 124 cm³/mol. The van der Waals surface area contributed by atoms with E-state index in [4.69, 9.17) is 9.47 Å². The van der Waals surface area contributed by atoms with Crippen LogP contribution in [0.25, 0.3) is 0 Å². The highest BCUT2D eigenvalue weighted by Gasteiger charge is 2.37. The summed E-state index contributed by atoms with van der Waals surface area (Å²) in [5, 5.41) is 2.35. The lowest BCUT2D eigenvalue weighted by Gasteiger charge is -2.36. The summed E-state index contributed by atoms with van der Waals surface area (Å²) < 4.78 is 92.0. The van der Waals surface area contributed by atoms with Crippen molar-refractivity contribution in [3.8, 4) is 5.75 Å². The molecule has 1 atom stereocenters. The summed E-state index contributed by atoms with van der Waals surface area (Å²) in [4.78, 5) is 11.9. The Kier molecular flexibility index (Phi) is 7.29. The molecule has 14 heteroatoms. The number of anilines is 2. The van der Waals surface area contributed by atoms with E-state index in [1.165, 1.54) is 6.07 Å². The van der Waals surface area contributed by atoms with Crippen molar-refractivity contribution < 1.29 is 39.9 Å². The summed E-state index contributed by atoms with van der Waals surface area (Å²) in [7, 11) is -8.02. The second kappa shape index (κ2) is 9.59. The van der Waals surface area contributed by atoms with Gasteiger partial charge in [-0.2, -0.15) is 0 Å². The maximum atomic E-state index is 15.1. The highest BCUT2D eigenvalue weighted by atomic mass is 32.2. The molecule has 35 heavy (non-hydrogen) atoms. The van der Waals surface area contributed by atoms with Crippen molar-refractivity contribution in [3.05, 3.63) is 48.0 Å². The molecule has 0 aliphatic carbocycles. The summed E-state index contributed by atoms with van der Waals surface area (Å²) in [6.45, 7) is 4.16. The van der Waals surface area contributed by atoms with E-state index < -0.39 is 61.8 Å². The van der Waals surface area contributed by atoms with Gasteiger partial charge >= 0.3 is 6.09 Å². The van der Waals surface area contributed by atoms with Crippen LogP contribution in [0.15, 0.2) is 41.3 Å². The van der Waals surface area contributed by atoms with Crippen molar-refractivity contribution in [2.75, 3.05) is 29.0 Å². The number of ether oxygens (including phenoxy) is 2. The van der Waals surface area contributed by atoms with Crippen LogP contribution in [0.1, 0.15) is 20.8 Å². The molecular weight excluding hydrogens is 508 g/mol. The fourth-order valence-electron chi connectivity index (χ4n) is 3.17. The molecule has 3 rings (SSSR count).